The second-order valence-corrected chi connectivity index (χ2v) is 9.70. The van der Waals surface area contributed by atoms with Crippen LogP contribution in [0.15, 0.2) is 53.4 Å². The highest BCUT2D eigenvalue weighted by Crippen LogP contribution is 2.26. The van der Waals surface area contributed by atoms with Gasteiger partial charge in [-0.3, -0.25) is 4.79 Å². The van der Waals surface area contributed by atoms with Crippen molar-refractivity contribution in [2.75, 3.05) is 18.4 Å². The summed E-state index contributed by atoms with van der Waals surface area (Å²) >= 11 is 0. The van der Waals surface area contributed by atoms with Crippen LogP contribution in [0.2, 0.25) is 0 Å². The summed E-state index contributed by atoms with van der Waals surface area (Å²) in [6.45, 7) is 6.88. The Bertz CT molecular complexity index is 911. The highest BCUT2D eigenvalue weighted by Gasteiger charge is 2.32. The van der Waals surface area contributed by atoms with Crippen LogP contribution in [0, 0.1) is 12.8 Å². The standard InChI is InChI=1S/C22H28N2O3S/c1-16(2)18-6-10-21(11-7-18)28(26,27)24-14-12-19(13-15-24)22(25)23-20-8-4-17(3)5-9-20/h4-11,16,19H,12-15H2,1-3H3,(H,23,25). The highest BCUT2D eigenvalue weighted by atomic mass is 32.2. The number of hydrogen-bond acceptors (Lipinski definition) is 3. The molecule has 0 unspecified atom stereocenters. The van der Waals surface area contributed by atoms with Crippen molar-refractivity contribution in [1.29, 1.82) is 0 Å². The van der Waals surface area contributed by atoms with Gasteiger partial charge in [0.1, 0.15) is 0 Å². The Morgan fingerprint density at radius 2 is 1.57 bits per heavy atom. The van der Waals surface area contributed by atoms with Gasteiger partial charge >= 0.3 is 0 Å². The number of nitrogens with one attached hydrogen (secondary N) is 1. The first-order chi connectivity index (χ1) is 13.3. The van der Waals surface area contributed by atoms with Crippen molar-refractivity contribution in [3.8, 4) is 0 Å². The molecule has 0 aliphatic carbocycles. The number of sulfonamides is 1. The lowest BCUT2D eigenvalue weighted by Crippen LogP contribution is -2.41. The molecular formula is C22H28N2O3S. The van der Waals surface area contributed by atoms with Crippen molar-refractivity contribution < 1.29 is 13.2 Å². The fraction of sp³-hybridized carbons (Fsp3) is 0.409. The van der Waals surface area contributed by atoms with E-state index in [0.29, 0.717) is 36.7 Å². The molecule has 1 N–H and O–H groups in total. The lowest BCUT2D eigenvalue weighted by molar-refractivity contribution is -0.120. The molecule has 1 saturated heterocycles. The average molecular weight is 401 g/mol. The zero-order valence-electron chi connectivity index (χ0n) is 16.7. The Morgan fingerprint density at radius 3 is 2.11 bits per heavy atom. The molecule has 3 rings (SSSR count). The zero-order valence-corrected chi connectivity index (χ0v) is 17.5. The summed E-state index contributed by atoms with van der Waals surface area (Å²) in [5.41, 5.74) is 3.03. The maximum absolute atomic E-state index is 12.9. The maximum Gasteiger partial charge on any atom is 0.243 e. The fourth-order valence-electron chi connectivity index (χ4n) is 3.41. The fourth-order valence-corrected chi connectivity index (χ4v) is 4.88. The number of aryl methyl sites for hydroxylation is 1. The number of anilines is 1. The van der Waals surface area contributed by atoms with Gasteiger partial charge < -0.3 is 5.32 Å². The predicted molar refractivity (Wildman–Crippen MR) is 112 cm³/mol. The van der Waals surface area contributed by atoms with Crippen LogP contribution in [0.5, 0.6) is 0 Å². The van der Waals surface area contributed by atoms with Gasteiger partial charge in [0.2, 0.25) is 15.9 Å². The molecule has 0 atom stereocenters. The molecule has 28 heavy (non-hydrogen) atoms. The molecule has 1 fully saturated rings. The van der Waals surface area contributed by atoms with E-state index >= 15 is 0 Å². The first-order valence-electron chi connectivity index (χ1n) is 9.75. The summed E-state index contributed by atoms with van der Waals surface area (Å²) in [6, 6.07) is 14.8. The first kappa shape index (κ1) is 20.6. The Hall–Kier alpha value is -2.18. The molecule has 0 bridgehead atoms. The number of carbonyl (C=O) groups excluding carboxylic acids is 1. The van der Waals surface area contributed by atoms with Gasteiger partial charge in [-0.15, -0.1) is 0 Å². The van der Waals surface area contributed by atoms with Gasteiger partial charge in [0, 0.05) is 24.7 Å². The van der Waals surface area contributed by atoms with Crippen LogP contribution in [0.1, 0.15) is 43.7 Å². The van der Waals surface area contributed by atoms with Crippen LogP contribution in [-0.2, 0) is 14.8 Å². The molecule has 2 aromatic carbocycles. The second kappa shape index (κ2) is 8.45. The van der Waals surface area contributed by atoms with Crippen LogP contribution in [0.25, 0.3) is 0 Å². The van der Waals surface area contributed by atoms with E-state index in [4.69, 9.17) is 0 Å². The number of nitrogens with zero attached hydrogens (tertiary/aromatic N) is 1. The van der Waals surface area contributed by atoms with E-state index in [2.05, 4.69) is 19.2 Å². The molecule has 0 saturated carbocycles. The predicted octanol–water partition coefficient (Wildman–Crippen LogP) is 4.16. The van der Waals surface area contributed by atoms with E-state index < -0.39 is 10.0 Å². The number of rotatable bonds is 5. The SMILES string of the molecule is Cc1ccc(NC(=O)C2CCN(S(=O)(=O)c3ccc(C(C)C)cc3)CC2)cc1. The summed E-state index contributed by atoms with van der Waals surface area (Å²) in [6.07, 6.45) is 1.06. The van der Waals surface area contributed by atoms with Gasteiger partial charge in [0.15, 0.2) is 0 Å². The quantitative estimate of drug-likeness (QED) is 0.820. The Balaban J connectivity index is 1.60. The van der Waals surface area contributed by atoms with Gasteiger partial charge in [-0.25, -0.2) is 8.42 Å². The molecule has 0 radical (unpaired) electrons. The maximum atomic E-state index is 12.9. The number of amides is 1. The number of hydrogen-bond donors (Lipinski definition) is 1. The summed E-state index contributed by atoms with van der Waals surface area (Å²) in [7, 11) is -3.52. The van der Waals surface area contributed by atoms with Gasteiger partial charge in [-0.05, 0) is 55.5 Å². The molecule has 1 heterocycles. The molecule has 1 amide bonds. The number of benzene rings is 2. The van der Waals surface area contributed by atoms with Crippen molar-refractivity contribution in [3.05, 3.63) is 59.7 Å². The van der Waals surface area contributed by atoms with Gasteiger partial charge in [0.25, 0.3) is 0 Å². The molecule has 6 heteroatoms. The topological polar surface area (TPSA) is 66.5 Å². The van der Waals surface area contributed by atoms with Crippen molar-refractivity contribution in [2.24, 2.45) is 5.92 Å². The Kier molecular flexibility index (Phi) is 6.20. The van der Waals surface area contributed by atoms with Crippen molar-refractivity contribution in [3.63, 3.8) is 0 Å². The van der Waals surface area contributed by atoms with Gasteiger partial charge in [-0.1, -0.05) is 43.7 Å². The van der Waals surface area contributed by atoms with Crippen molar-refractivity contribution in [1.82, 2.24) is 4.31 Å². The van der Waals surface area contributed by atoms with Crippen LogP contribution in [0.4, 0.5) is 5.69 Å². The molecule has 1 aliphatic rings. The van der Waals surface area contributed by atoms with E-state index in [0.717, 1.165) is 16.8 Å². The van der Waals surface area contributed by atoms with E-state index in [1.165, 1.54) is 4.31 Å². The lowest BCUT2D eigenvalue weighted by Gasteiger charge is -2.30. The molecule has 150 valence electrons. The molecule has 0 spiro atoms. The Morgan fingerprint density at radius 1 is 1.00 bits per heavy atom. The van der Waals surface area contributed by atoms with E-state index in [1.54, 1.807) is 12.1 Å². The average Bonchev–Trinajstić information content (AvgIpc) is 2.70. The first-order valence-corrected chi connectivity index (χ1v) is 11.2. The third-order valence-corrected chi connectivity index (χ3v) is 7.24. The third-order valence-electron chi connectivity index (χ3n) is 5.33. The van der Waals surface area contributed by atoms with Crippen LogP contribution >= 0.6 is 0 Å². The largest absolute Gasteiger partial charge is 0.326 e. The smallest absolute Gasteiger partial charge is 0.243 e. The number of carbonyl (C=O) groups is 1. The van der Waals surface area contributed by atoms with Gasteiger partial charge in [0.05, 0.1) is 4.90 Å². The molecule has 2 aromatic rings. The monoisotopic (exact) mass is 400 g/mol. The molecule has 0 aromatic heterocycles. The van der Waals surface area contributed by atoms with Crippen LogP contribution < -0.4 is 5.32 Å². The second-order valence-electron chi connectivity index (χ2n) is 7.76. The summed E-state index contributed by atoms with van der Waals surface area (Å²) < 4.78 is 27.3. The minimum Gasteiger partial charge on any atom is -0.326 e. The van der Waals surface area contributed by atoms with Crippen molar-refractivity contribution >= 4 is 21.6 Å². The summed E-state index contributed by atoms with van der Waals surface area (Å²) in [5.74, 6) is 0.151. The molecule has 1 aliphatic heterocycles. The van der Waals surface area contributed by atoms with Crippen molar-refractivity contribution in [2.45, 2.75) is 44.4 Å². The van der Waals surface area contributed by atoms with Crippen LogP contribution in [-0.4, -0.2) is 31.7 Å². The van der Waals surface area contributed by atoms with E-state index in [-0.39, 0.29) is 11.8 Å². The normalized spacial score (nSPS) is 16.3. The zero-order chi connectivity index (χ0) is 20.3. The minimum atomic E-state index is -3.52. The van der Waals surface area contributed by atoms with E-state index in [9.17, 15) is 13.2 Å². The van der Waals surface area contributed by atoms with Gasteiger partial charge in [-0.2, -0.15) is 4.31 Å². The third kappa shape index (κ3) is 4.62. The Labute approximate surface area is 167 Å². The number of piperidine rings is 1. The summed E-state index contributed by atoms with van der Waals surface area (Å²) in [4.78, 5) is 12.8. The highest BCUT2D eigenvalue weighted by molar-refractivity contribution is 7.89. The molecule has 5 nitrogen and oxygen atoms in total. The minimum absolute atomic E-state index is 0.0396. The molecular weight excluding hydrogens is 372 g/mol. The lowest BCUT2D eigenvalue weighted by atomic mass is 9.97. The van der Waals surface area contributed by atoms with Crippen LogP contribution in [0.3, 0.4) is 0 Å². The summed E-state index contributed by atoms with van der Waals surface area (Å²) in [5, 5.41) is 2.93. The van der Waals surface area contributed by atoms with E-state index in [1.807, 2.05) is 43.3 Å².